The van der Waals surface area contributed by atoms with E-state index in [1.54, 1.807) is 12.1 Å². The lowest BCUT2D eigenvalue weighted by atomic mass is 9.70. The van der Waals surface area contributed by atoms with Crippen molar-refractivity contribution < 1.29 is 18.3 Å². The zero-order chi connectivity index (χ0) is 19.1. The number of benzene rings is 2. The first-order valence-electron chi connectivity index (χ1n) is 9.39. The SMILES string of the molecule is NC1CC(Oc2ccc(C3(c4ccc(O)cc4)CCS(=O)(=O)CC3)cc2)C1. The van der Waals surface area contributed by atoms with Gasteiger partial charge in [0.25, 0.3) is 0 Å². The number of phenols is 1. The molecule has 27 heavy (non-hydrogen) atoms. The number of hydrogen-bond acceptors (Lipinski definition) is 5. The molecule has 2 aromatic carbocycles. The van der Waals surface area contributed by atoms with Gasteiger partial charge in [-0.25, -0.2) is 8.42 Å². The summed E-state index contributed by atoms with van der Waals surface area (Å²) in [6.45, 7) is 0. The van der Waals surface area contributed by atoms with Crippen molar-refractivity contribution in [3.8, 4) is 11.5 Å². The minimum absolute atomic E-state index is 0.173. The third kappa shape index (κ3) is 3.69. The quantitative estimate of drug-likeness (QED) is 0.842. The van der Waals surface area contributed by atoms with Gasteiger partial charge in [0.15, 0.2) is 0 Å². The third-order valence-electron chi connectivity index (χ3n) is 5.94. The van der Waals surface area contributed by atoms with Crippen LogP contribution in [0.25, 0.3) is 0 Å². The number of rotatable bonds is 4. The van der Waals surface area contributed by atoms with Crippen LogP contribution in [0.3, 0.4) is 0 Å². The Balaban J connectivity index is 1.63. The lowest BCUT2D eigenvalue weighted by Gasteiger charge is -2.38. The molecule has 1 heterocycles. The topological polar surface area (TPSA) is 89.6 Å². The largest absolute Gasteiger partial charge is 0.508 e. The van der Waals surface area contributed by atoms with E-state index in [4.69, 9.17) is 10.5 Å². The van der Waals surface area contributed by atoms with E-state index in [0.717, 1.165) is 29.7 Å². The summed E-state index contributed by atoms with van der Waals surface area (Å²) in [5.74, 6) is 1.37. The summed E-state index contributed by atoms with van der Waals surface area (Å²) in [5.41, 5.74) is 7.57. The van der Waals surface area contributed by atoms with Gasteiger partial charge in [-0.15, -0.1) is 0 Å². The molecule has 2 aliphatic rings. The Kier molecular flexibility index (Phi) is 4.64. The molecular formula is C21H25NO4S. The zero-order valence-corrected chi connectivity index (χ0v) is 16.0. The second kappa shape index (κ2) is 6.84. The summed E-state index contributed by atoms with van der Waals surface area (Å²) in [5, 5.41) is 9.64. The number of hydrogen-bond donors (Lipinski definition) is 2. The summed E-state index contributed by atoms with van der Waals surface area (Å²) in [4.78, 5) is 0. The lowest BCUT2D eigenvalue weighted by Crippen LogP contribution is -2.43. The molecule has 1 saturated carbocycles. The summed E-state index contributed by atoms with van der Waals surface area (Å²) in [6.07, 6.45) is 3.04. The average molecular weight is 388 g/mol. The van der Waals surface area contributed by atoms with Gasteiger partial charge in [0.1, 0.15) is 27.4 Å². The molecule has 0 spiro atoms. The molecule has 0 atom stereocenters. The third-order valence-corrected chi connectivity index (χ3v) is 7.59. The fourth-order valence-electron chi connectivity index (χ4n) is 4.16. The van der Waals surface area contributed by atoms with Crippen molar-refractivity contribution in [2.45, 2.75) is 43.2 Å². The normalized spacial score (nSPS) is 26.1. The molecule has 6 heteroatoms. The number of aromatic hydroxyl groups is 1. The van der Waals surface area contributed by atoms with Crippen LogP contribution >= 0.6 is 0 Å². The van der Waals surface area contributed by atoms with E-state index in [1.807, 2.05) is 36.4 Å². The first kappa shape index (κ1) is 18.3. The van der Waals surface area contributed by atoms with Crippen LogP contribution in [0.15, 0.2) is 48.5 Å². The maximum atomic E-state index is 12.0. The van der Waals surface area contributed by atoms with Gasteiger partial charge in [0.2, 0.25) is 0 Å². The fourth-order valence-corrected chi connectivity index (χ4v) is 5.68. The highest BCUT2D eigenvalue weighted by atomic mass is 32.2. The summed E-state index contributed by atoms with van der Waals surface area (Å²) >= 11 is 0. The minimum atomic E-state index is -2.99. The van der Waals surface area contributed by atoms with Crippen LogP contribution in [0, 0.1) is 0 Å². The van der Waals surface area contributed by atoms with Crippen molar-refractivity contribution in [1.29, 1.82) is 0 Å². The van der Waals surface area contributed by atoms with Crippen LogP contribution in [-0.4, -0.2) is 37.2 Å². The summed E-state index contributed by atoms with van der Waals surface area (Å²) in [6, 6.07) is 15.4. The summed E-state index contributed by atoms with van der Waals surface area (Å²) < 4.78 is 30.0. The van der Waals surface area contributed by atoms with Gasteiger partial charge in [-0.1, -0.05) is 24.3 Å². The lowest BCUT2D eigenvalue weighted by molar-refractivity contribution is 0.101. The van der Waals surface area contributed by atoms with Crippen molar-refractivity contribution in [3.05, 3.63) is 59.7 Å². The smallest absolute Gasteiger partial charge is 0.150 e. The molecule has 1 aliphatic carbocycles. The Bertz CT molecular complexity index is 886. The molecule has 0 unspecified atom stereocenters. The average Bonchev–Trinajstić information content (AvgIpc) is 2.62. The van der Waals surface area contributed by atoms with E-state index < -0.39 is 9.84 Å². The molecule has 4 rings (SSSR count). The first-order chi connectivity index (χ1) is 12.9. The van der Waals surface area contributed by atoms with Crippen molar-refractivity contribution in [2.75, 3.05) is 11.5 Å². The van der Waals surface area contributed by atoms with Crippen molar-refractivity contribution >= 4 is 9.84 Å². The van der Waals surface area contributed by atoms with Crippen molar-refractivity contribution in [2.24, 2.45) is 5.73 Å². The fraction of sp³-hybridized carbons (Fsp3) is 0.429. The maximum Gasteiger partial charge on any atom is 0.150 e. The Morgan fingerprint density at radius 3 is 1.96 bits per heavy atom. The molecule has 1 saturated heterocycles. The number of ether oxygens (including phenoxy) is 1. The van der Waals surface area contributed by atoms with Crippen LogP contribution in [0.1, 0.15) is 36.8 Å². The minimum Gasteiger partial charge on any atom is -0.508 e. The molecule has 0 amide bonds. The molecular weight excluding hydrogens is 362 g/mol. The van der Waals surface area contributed by atoms with E-state index in [-0.39, 0.29) is 34.8 Å². The Labute approximate surface area is 160 Å². The Hall–Kier alpha value is -2.05. The van der Waals surface area contributed by atoms with Gasteiger partial charge in [0, 0.05) is 11.5 Å². The van der Waals surface area contributed by atoms with Gasteiger partial charge in [-0.3, -0.25) is 0 Å². The van der Waals surface area contributed by atoms with Gasteiger partial charge in [-0.2, -0.15) is 0 Å². The van der Waals surface area contributed by atoms with Crippen LogP contribution in [-0.2, 0) is 15.3 Å². The standard InChI is InChI=1S/C21H25NO4S/c22-17-13-20(14-17)26-19-7-3-16(4-8-19)21(9-11-27(24,25)12-10-21)15-1-5-18(23)6-2-15/h1-8,17,20,23H,9-14,22H2. The monoisotopic (exact) mass is 387 g/mol. The predicted molar refractivity (Wildman–Crippen MR) is 105 cm³/mol. The molecule has 0 bridgehead atoms. The second-order valence-corrected chi connectivity index (χ2v) is 10.1. The number of nitrogens with two attached hydrogens (primary N) is 1. The molecule has 2 aromatic rings. The van der Waals surface area contributed by atoms with E-state index in [1.165, 1.54) is 0 Å². The highest BCUT2D eigenvalue weighted by Crippen LogP contribution is 2.43. The maximum absolute atomic E-state index is 12.0. The van der Waals surface area contributed by atoms with Crippen LogP contribution in [0.2, 0.25) is 0 Å². The van der Waals surface area contributed by atoms with E-state index in [9.17, 15) is 13.5 Å². The van der Waals surface area contributed by atoms with E-state index >= 15 is 0 Å². The Morgan fingerprint density at radius 2 is 1.44 bits per heavy atom. The van der Waals surface area contributed by atoms with Crippen molar-refractivity contribution in [3.63, 3.8) is 0 Å². The summed E-state index contributed by atoms with van der Waals surface area (Å²) in [7, 11) is -2.99. The molecule has 2 fully saturated rings. The van der Waals surface area contributed by atoms with Crippen LogP contribution in [0.4, 0.5) is 0 Å². The van der Waals surface area contributed by atoms with Gasteiger partial charge >= 0.3 is 0 Å². The van der Waals surface area contributed by atoms with Crippen LogP contribution in [0.5, 0.6) is 11.5 Å². The molecule has 1 aliphatic heterocycles. The van der Waals surface area contributed by atoms with Gasteiger partial charge in [0.05, 0.1) is 11.5 Å². The molecule has 5 nitrogen and oxygen atoms in total. The zero-order valence-electron chi connectivity index (χ0n) is 15.2. The van der Waals surface area contributed by atoms with E-state index in [0.29, 0.717) is 12.8 Å². The number of sulfone groups is 1. The highest BCUT2D eigenvalue weighted by Gasteiger charge is 2.40. The Morgan fingerprint density at radius 1 is 0.926 bits per heavy atom. The molecule has 0 aromatic heterocycles. The van der Waals surface area contributed by atoms with Crippen LogP contribution < -0.4 is 10.5 Å². The van der Waals surface area contributed by atoms with Gasteiger partial charge in [-0.05, 0) is 61.1 Å². The predicted octanol–water partition coefficient (Wildman–Crippen LogP) is 2.76. The van der Waals surface area contributed by atoms with Crippen molar-refractivity contribution in [1.82, 2.24) is 0 Å². The highest BCUT2D eigenvalue weighted by molar-refractivity contribution is 7.91. The second-order valence-electron chi connectivity index (χ2n) is 7.78. The first-order valence-corrected chi connectivity index (χ1v) is 11.2. The molecule has 0 radical (unpaired) electrons. The molecule has 3 N–H and O–H groups in total. The molecule has 144 valence electrons. The van der Waals surface area contributed by atoms with E-state index in [2.05, 4.69) is 0 Å². The number of phenolic OH excluding ortho intramolecular Hbond substituents is 1. The van der Waals surface area contributed by atoms with Gasteiger partial charge < -0.3 is 15.6 Å².